The second-order valence-corrected chi connectivity index (χ2v) is 4.19. The van der Waals surface area contributed by atoms with Crippen LogP contribution in [0.25, 0.3) is 11.3 Å². The molecule has 0 bridgehead atoms. The van der Waals surface area contributed by atoms with Gasteiger partial charge in [0.1, 0.15) is 17.3 Å². The number of nitrogens with one attached hydrogen (secondary N) is 1. The highest BCUT2D eigenvalue weighted by molar-refractivity contribution is 7.79. The molecule has 1 N–H and O–H groups in total. The molecule has 2 aromatic rings. The minimum Gasteiger partial charge on any atom is -0.496 e. The van der Waals surface area contributed by atoms with Gasteiger partial charge in [0.15, 0.2) is 0 Å². The van der Waals surface area contributed by atoms with Crippen LogP contribution in [-0.2, 0) is 5.75 Å². The number of hydrogen-bond acceptors (Lipinski definition) is 4. The van der Waals surface area contributed by atoms with Crippen molar-refractivity contribution in [2.45, 2.75) is 12.7 Å². The number of aromatic nitrogens is 2. The molecule has 0 atom stereocenters. The largest absolute Gasteiger partial charge is 0.496 e. The summed E-state index contributed by atoms with van der Waals surface area (Å²) in [5, 5.41) is 0. The number of nitrogens with zero attached hydrogens (tertiary/aromatic N) is 1. The van der Waals surface area contributed by atoms with Gasteiger partial charge in [-0.2, -0.15) is 12.6 Å². The average molecular weight is 264 g/mol. The number of rotatable bonds is 4. The quantitative estimate of drug-likeness (QED) is 0.835. The topological polar surface area (TPSA) is 47.1 Å². The SMILES string of the molecule is COc1ccc(-c2cnc(CS)[nH]2)c(OC)c1C. The van der Waals surface area contributed by atoms with E-state index in [-0.39, 0.29) is 0 Å². The number of thiol groups is 1. The minimum atomic E-state index is 0.581. The molecule has 0 aliphatic rings. The number of hydrogen-bond donors (Lipinski definition) is 2. The Kier molecular flexibility index (Phi) is 3.81. The molecule has 1 heterocycles. The van der Waals surface area contributed by atoms with Crippen LogP contribution in [0.3, 0.4) is 0 Å². The lowest BCUT2D eigenvalue weighted by molar-refractivity contribution is 0.390. The Bertz CT molecular complexity index is 552. The fourth-order valence-electron chi connectivity index (χ4n) is 1.95. The van der Waals surface area contributed by atoms with Gasteiger partial charge in [-0.1, -0.05) is 0 Å². The van der Waals surface area contributed by atoms with Crippen LogP contribution in [0.2, 0.25) is 0 Å². The lowest BCUT2D eigenvalue weighted by Crippen LogP contribution is -1.95. The maximum Gasteiger partial charge on any atom is 0.134 e. The van der Waals surface area contributed by atoms with Crippen LogP contribution >= 0.6 is 12.6 Å². The third-order valence-electron chi connectivity index (χ3n) is 2.85. The number of benzene rings is 1. The first kappa shape index (κ1) is 12.8. The molecule has 1 aromatic heterocycles. The van der Waals surface area contributed by atoms with Gasteiger partial charge in [-0.05, 0) is 19.1 Å². The van der Waals surface area contributed by atoms with Crippen molar-refractivity contribution in [3.63, 3.8) is 0 Å². The minimum absolute atomic E-state index is 0.581. The second-order valence-electron chi connectivity index (χ2n) is 3.88. The summed E-state index contributed by atoms with van der Waals surface area (Å²) in [5.74, 6) is 3.02. The van der Waals surface area contributed by atoms with Crippen molar-refractivity contribution in [3.05, 3.63) is 29.7 Å². The molecule has 0 aliphatic carbocycles. The van der Waals surface area contributed by atoms with Gasteiger partial charge in [0, 0.05) is 16.9 Å². The normalized spacial score (nSPS) is 10.4. The van der Waals surface area contributed by atoms with E-state index < -0.39 is 0 Å². The Morgan fingerprint density at radius 1 is 1.28 bits per heavy atom. The Hall–Kier alpha value is -1.62. The highest BCUT2D eigenvalue weighted by Crippen LogP contribution is 2.36. The molecule has 0 radical (unpaired) electrons. The summed E-state index contributed by atoms with van der Waals surface area (Å²) in [7, 11) is 3.30. The lowest BCUT2D eigenvalue weighted by Gasteiger charge is -2.13. The van der Waals surface area contributed by atoms with Gasteiger partial charge in [0.2, 0.25) is 0 Å². The standard InChI is InChI=1S/C13H16N2O2S/c1-8-11(16-2)5-4-9(13(8)17-3)10-6-14-12(7-18)15-10/h4-6,18H,7H2,1-3H3,(H,14,15). The second kappa shape index (κ2) is 5.35. The van der Waals surface area contributed by atoms with E-state index in [4.69, 9.17) is 9.47 Å². The molecule has 0 saturated heterocycles. The Labute approximate surface area is 112 Å². The first-order valence-corrected chi connectivity index (χ1v) is 6.21. The molecular formula is C13H16N2O2S. The number of methoxy groups -OCH3 is 2. The van der Waals surface area contributed by atoms with E-state index >= 15 is 0 Å². The monoisotopic (exact) mass is 264 g/mol. The number of imidazole rings is 1. The third-order valence-corrected chi connectivity index (χ3v) is 3.15. The molecular weight excluding hydrogens is 248 g/mol. The van der Waals surface area contributed by atoms with Crippen LogP contribution in [0, 0.1) is 6.92 Å². The van der Waals surface area contributed by atoms with Gasteiger partial charge in [-0.15, -0.1) is 0 Å². The van der Waals surface area contributed by atoms with Crippen molar-refractivity contribution in [1.82, 2.24) is 9.97 Å². The van der Waals surface area contributed by atoms with Gasteiger partial charge in [-0.3, -0.25) is 0 Å². The fraction of sp³-hybridized carbons (Fsp3) is 0.308. The van der Waals surface area contributed by atoms with Crippen molar-refractivity contribution in [3.8, 4) is 22.8 Å². The molecule has 5 heteroatoms. The third kappa shape index (κ3) is 2.18. The Morgan fingerprint density at radius 2 is 2.06 bits per heavy atom. The molecule has 96 valence electrons. The van der Waals surface area contributed by atoms with Crippen molar-refractivity contribution in [2.75, 3.05) is 14.2 Å². The maximum absolute atomic E-state index is 5.47. The first-order chi connectivity index (χ1) is 8.71. The predicted molar refractivity (Wildman–Crippen MR) is 74.6 cm³/mol. The summed E-state index contributed by atoms with van der Waals surface area (Å²) < 4.78 is 10.8. The summed E-state index contributed by atoms with van der Waals surface area (Å²) in [6, 6.07) is 3.88. The van der Waals surface area contributed by atoms with Crippen LogP contribution in [0.4, 0.5) is 0 Å². The van der Waals surface area contributed by atoms with Gasteiger partial charge in [0.05, 0.1) is 26.1 Å². The number of ether oxygens (including phenoxy) is 2. The molecule has 4 nitrogen and oxygen atoms in total. The lowest BCUT2D eigenvalue weighted by atomic mass is 10.1. The van der Waals surface area contributed by atoms with Crippen molar-refractivity contribution in [2.24, 2.45) is 0 Å². The first-order valence-electron chi connectivity index (χ1n) is 5.58. The molecule has 0 unspecified atom stereocenters. The van der Waals surface area contributed by atoms with Crippen molar-refractivity contribution >= 4 is 12.6 Å². The van der Waals surface area contributed by atoms with Crippen LogP contribution in [0.5, 0.6) is 11.5 Å². The van der Waals surface area contributed by atoms with Gasteiger partial charge in [0.25, 0.3) is 0 Å². The van der Waals surface area contributed by atoms with E-state index in [1.54, 1.807) is 20.4 Å². The zero-order valence-corrected chi connectivity index (χ0v) is 11.5. The zero-order valence-electron chi connectivity index (χ0n) is 10.7. The molecule has 2 rings (SSSR count). The van der Waals surface area contributed by atoms with Gasteiger partial charge < -0.3 is 14.5 Å². The Balaban J connectivity index is 2.53. The predicted octanol–water partition coefficient (Wildman–Crippen LogP) is 2.83. The Morgan fingerprint density at radius 3 is 2.61 bits per heavy atom. The number of aromatic amines is 1. The smallest absolute Gasteiger partial charge is 0.134 e. The van der Waals surface area contributed by atoms with Gasteiger partial charge >= 0.3 is 0 Å². The summed E-state index contributed by atoms with van der Waals surface area (Å²) in [6.45, 7) is 1.97. The van der Waals surface area contributed by atoms with E-state index in [1.807, 2.05) is 19.1 Å². The van der Waals surface area contributed by atoms with Crippen molar-refractivity contribution < 1.29 is 9.47 Å². The van der Waals surface area contributed by atoms with E-state index in [9.17, 15) is 0 Å². The molecule has 0 amide bonds. The average Bonchev–Trinajstić information content (AvgIpc) is 2.87. The van der Waals surface area contributed by atoms with E-state index in [1.165, 1.54) is 0 Å². The van der Waals surface area contributed by atoms with E-state index in [0.29, 0.717) is 5.75 Å². The molecule has 18 heavy (non-hydrogen) atoms. The summed E-state index contributed by atoms with van der Waals surface area (Å²) >= 11 is 4.19. The molecule has 0 saturated carbocycles. The van der Waals surface area contributed by atoms with Crippen LogP contribution in [0.15, 0.2) is 18.3 Å². The van der Waals surface area contributed by atoms with Crippen LogP contribution in [-0.4, -0.2) is 24.2 Å². The highest BCUT2D eigenvalue weighted by Gasteiger charge is 2.14. The number of H-pyrrole nitrogens is 1. The van der Waals surface area contributed by atoms with Gasteiger partial charge in [-0.25, -0.2) is 4.98 Å². The maximum atomic E-state index is 5.47. The summed E-state index contributed by atoms with van der Waals surface area (Å²) in [4.78, 5) is 7.45. The fourth-order valence-corrected chi connectivity index (χ4v) is 2.11. The zero-order chi connectivity index (χ0) is 13.1. The van der Waals surface area contributed by atoms with Crippen molar-refractivity contribution in [1.29, 1.82) is 0 Å². The summed E-state index contributed by atoms with van der Waals surface area (Å²) in [5.41, 5.74) is 2.86. The molecule has 0 aliphatic heterocycles. The van der Waals surface area contributed by atoms with E-state index in [2.05, 4.69) is 22.6 Å². The highest BCUT2D eigenvalue weighted by atomic mass is 32.1. The molecule has 0 fully saturated rings. The van der Waals surface area contributed by atoms with E-state index in [0.717, 1.165) is 34.1 Å². The van der Waals surface area contributed by atoms with Crippen LogP contribution in [0.1, 0.15) is 11.4 Å². The van der Waals surface area contributed by atoms with Crippen LogP contribution < -0.4 is 9.47 Å². The molecule has 1 aromatic carbocycles. The molecule has 0 spiro atoms. The summed E-state index contributed by atoms with van der Waals surface area (Å²) in [6.07, 6.45) is 1.79.